The lowest BCUT2D eigenvalue weighted by molar-refractivity contribution is 0.137. The summed E-state index contributed by atoms with van der Waals surface area (Å²) in [4.78, 5) is 11.5. The Hall–Kier alpha value is -1.55. The van der Waals surface area contributed by atoms with Gasteiger partial charge in [0, 0.05) is 6.54 Å². The van der Waals surface area contributed by atoms with Gasteiger partial charge in [-0.25, -0.2) is 4.79 Å². The molecule has 2 N–H and O–H groups in total. The van der Waals surface area contributed by atoms with Gasteiger partial charge in [-0.1, -0.05) is 30.3 Å². The number of ether oxygens (including phenoxy) is 1. The summed E-state index contributed by atoms with van der Waals surface area (Å²) in [6, 6.07) is 9.70. The van der Waals surface area contributed by atoms with Crippen molar-refractivity contribution in [1.29, 1.82) is 0 Å². The van der Waals surface area contributed by atoms with Crippen molar-refractivity contribution in [2.75, 3.05) is 19.6 Å². The van der Waals surface area contributed by atoms with Crippen LogP contribution in [0.2, 0.25) is 0 Å². The molecule has 1 aliphatic rings. The van der Waals surface area contributed by atoms with Crippen LogP contribution < -0.4 is 10.6 Å². The summed E-state index contributed by atoms with van der Waals surface area (Å²) in [5, 5.41) is 6.15. The zero-order valence-electron chi connectivity index (χ0n) is 10.5. The van der Waals surface area contributed by atoms with Crippen LogP contribution in [-0.4, -0.2) is 25.7 Å². The van der Waals surface area contributed by atoms with E-state index in [1.54, 1.807) is 0 Å². The fourth-order valence-corrected chi connectivity index (χ4v) is 2.10. The predicted octanol–water partition coefficient (Wildman–Crippen LogP) is 1.91. The van der Waals surface area contributed by atoms with Crippen LogP contribution in [0.4, 0.5) is 4.79 Å². The quantitative estimate of drug-likeness (QED) is 0.855. The van der Waals surface area contributed by atoms with Gasteiger partial charge < -0.3 is 15.4 Å². The van der Waals surface area contributed by atoms with Crippen LogP contribution in [0.5, 0.6) is 0 Å². The molecule has 1 atom stereocenters. The maximum absolute atomic E-state index is 11.5. The summed E-state index contributed by atoms with van der Waals surface area (Å²) in [5.41, 5.74) is 1.01. The number of benzene rings is 1. The van der Waals surface area contributed by atoms with Crippen LogP contribution in [0.15, 0.2) is 30.3 Å². The van der Waals surface area contributed by atoms with Crippen molar-refractivity contribution in [2.45, 2.75) is 19.4 Å². The first-order valence-corrected chi connectivity index (χ1v) is 6.50. The number of hydrogen-bond acceptors (Lipinski definition) is 3. The molecule has 1 fully saturated rings. The number of alkyl carbamates (subject to hydrolysis) is 1. The Morgan fingerprint density at radius 2 is 2.22 bits per heavy atom. The molecule has 0 aliphatic carbocycles. The Labute approximate surface area is 108 Å². The fraction of sp³-hybridized carbons (Fsp3) is 0.500. The largest absolute Gasteiger partial charge is 0.445 e. The molecular weight excluding hydrogens is 228 g/mol. The lowest BCUT2D eigenvalue weighted by Gasteiger charge is -2.22. The second-order valence-corrected chi connectivity index (χ2v) is 4.66. The van der Waals surface area contributed by atoms with Crippen molar-refractivity contribution in [3.8, 4) is 0 Å². The summed E-state index contributed by atoms with van der Waals surface area (Å²) in [5.74, 6) is 0.531. The molecule has 4 heteroatoms. The van der Waals surface area contributed by atoms with E-state index < -0.39 is 0 Å². The van der Waals surface area contributed by atoms with E-state index in [1.807, 2.05) is 30.3 Å². The number of carbonyl (C=O) groups is 1. The van der Waals surface area contributed by atoms with Gasteiger partial charge in [0.15, 0.2) is 0 Å². The minimum absolute atomic E-state index is 0.329. The average Bonchev–Trinajstić information content (AvgIpc) is 2.45. The van der Waals surface area contributed by atoms with E-state index in [1.165, 1.54) is 12.8 Å². The highest BCUT2D eigenvalue weighted by molar-refractivity contribution is 5.67. The van der Waals surface area contributed by atoms with Crippen molar-refractivity contribution in [3.05, 3.63) is 35.9 Å². The molecule has 18 heavy (non-hydrogen) atoms. The van der Waals surface area contributed by atoms with E-state index in [0.717, 1.165) is 18.7 Å². The normalized spacial score (nSPS) is 19.2. The molecule has 0 unspecified atom stereocenters. The highest BCUT2D eigenvalue weighted by Gasteiger charge is 2.14. The maximum atomic E-state index is 11.5. The van der Waals surface area contributed by atoms with Gasteiger partial charge in [-0.15, -0.1) is 0 Å². The number of nitrogens with one attached hydrogen (secondary N) is 2. The number of rotatable bonds is 4. The third-order valence-electron chi connectivity index (χ3n) is 3.15. The molecule has 4 nitrogen and oxygen atoms in total. The first-order chi connectivity index (χ1) is 8.84. The van der Waals surface area contributed by atoms with Gasteiger partial charge >= 0.3 is 6.09 Å². The smallest absolute Gasteiger partial charge is 0.407 e. The molecule has 0 bridgehead atoms. The topological polar surface area (TPSA) is 50.4 Å². The van der Waals surface area contributed by atoms with Crippen LogP contribution in [0.1, 0.15) is 18.4 Å². The van der Waals surface area contributed by atoms with Crippen molar-refractivity contribution in [3.63, 3.8) is 0 Å². The Morgan fingerprint density at radius 3 is 2.94 bits per heavy atom. The molecule has 0 aromatic heterocycles. The summed E-state index contributed by atoms with van der Waals surface area (Å²) in [6.07, 6.45) is 2.03. The number of hydrogen-bond donors (Lipinski definition) is 2. The monoisotopic (exact) mass is 248 g/mol. The zero-order chi connectivity index (χ0) is 12.6. The van der Waals surface area contributed by atoms with Crippen LogP contribution in [0.25, 0.3) is 0 Å². The van der Waals surface area contributed by atoms with Crippen molar-refractivity contribution >= 4 is 6.09 Å². The van der Waals surface area contributed by atoms with Crippen LogP contribution in [0, 0.1) is 5.92 Å². The molecule has 1 amide bonds. The Kier molecular flexibility index (Phi) is 5.02. The number of amides is 1. The zero-order valence-corrected chi connectivity index (χ0v) is 10.5. The van der Waals surface area contributed by atoms with E-state index in [9.17, 15) is 4.79 Å². The number of piperidine rings is 1. The van der Waals surface area contributed by atoms with Crippen LogP contribution in [-0.2, 0) is 11.3 Å². The van der Waals surface area contributed by atoms with E-state index in [4.69, 9.17) is 4.74 Å². The van der Waals surface area contributed by atoms with E-state index >= 15 is 0 Å². The molecule has 0 spiro atoms. The molecule has 1 aliphatic heterocycles. The summed E-state index contributed by atoms with van der Waals surface area (Å²) in [7, 11) is 0. The van der Waals surface area contributed by atoms with Gasteiger partial charge in [0.25, 0.3) is 0 Å². The standard InChI is InChI=1S/C14H20N2O2/c17-14(16-10-13-7-4-8-15-9-13)18-11-12-5-2-1-3-6-12/h1-3,5-6,13,15H,4,7-11H2,(H,16,17)/t13-/m0/s1. The average molecular weight is 248 g/mol. The Balaban J connectivity index is 1.63. The minimum atomic E-state index is -0.329. The van der Waals surface area contributed by atoms with Gasteiger partial charge in [-0.2, -0.15) is 0 Å². The minimum Gasteiger partial charge on any atom is -0.445 e. The molecular formula is C14H20N2O2. The molecule has 1 aromatic rings. The first kappa shape index (κ1) is 12.9. The molecule has 1 heterocycles. The van der Waals surface area contributed by atoms with Gasteiger partial charge in [-0.3, -0.25) is 0 Å². The highest BCUT2D eigenvalue weighted by Crippen LogP contribution is 2.08. The molecule has 98 valence electrons. The van der Waals surface area contributed by atoms with E-state index in [0.29, 0.717) is 19.1 Å². The predicted molar refractivity (Wildman–Crippen MR) is 70.2 cm³/mol. The molecule has 1 saturated heterocycles. The molecule has 1 aromatic carbocycles. The molecule has 0 saturated carbocycles. The second-order valence-electron chi connectivity index (χ2n) is 4.66. The molecule has 2 rings (SSSR count). The summed E-state index contributed by atoms with van der Waals surface area (Å²) < 4.78 is 5.15. The molecule has 0 radical (unpaired) electrons. The lowest BCUT2D eigenvalue weighted by Crippen LogP contribution is -2.38. The van der Waals surface area contributed by atoms with E-state index in [2.05, 4.69) is 10.6 Å². The highest BCUT2D eigenvalue weighted by atomic mass is 16.5. The van der Waals surface area contributed by atoms with Crippen molar-refractivity contribution in [1.82, 2.24) is 10.6 Å². The van der Waals surface area contributed by atoms with Gasteiger partial charge in [0.2, 0.25) is 0 Å². The summed E-state index contributed by atoms with van der Waals surface area (Å²) >= 11 is 0. The van der Waals surface area contributed by atoms with E-state index in [-0.39, 0.29) is 6.09 Å². The number of carbonyl (C=O) groups excluding carboxylic acids is 1. The van der Waals surface area contributed by atoms with Gasteiger partial charge in [0.05, 0.1) is 0 Å². The van der Waals surface area contributed by atoms with Crippen LogP contribution in [0.3, 0.4) is 0 Å². The maximum Gasteiger partial charge on any atom is 0.407 e. The van der Waals surface area contributed by atoms with Crippen molar-refractivity contribution < 1.29 is 9.53 Å². The third-order valence-corrected chi connectivity index (χ3v) is 3.15. The summed E-state index contributed by atoms with van der Waals surface area (Å²) in [6.45, 7) is 3.10. The fourth-order valence-electron chi connectivity index (χ4n) is 2.10. The Morgan fingerprint density at radius 1 is 1.39 bits per heavy atom. The third kappa shape index (κ3) is 4.37. The van der Waals surface area contributed by atoms with Crippen molar-refractivity contribution in [2.24, 2.45) is 5.92 Å². The lowest BCUT2D eigenvalue weighted by atomic mass is 10.00. The Bertz CT molecular complexity index is 361. The van der Waals surface area contributed by atoms with Crippen LogP contribution >= 0.6 is 0 Å². The first-order valence-electron chi connectivity index (χ1n) is 6.50. The SMILES string of the molecule is O=C(NC[C@H]1CCCNC1)OCc1ccccc1. The van der Waals surface area contributed by atoms with Gasteiger partial charge in [0.1, 0.15) is 6.61 Å². The second kappa shape index (κ2) is 7.01. The van der Waals surface area contributed by atoms with Gasteiger partial charge in [-0.05, 0) is 37.4 Å².